The van der Waals surface area contributed by atoms with Crippen LogP contribution in [0.25, 0.3) is 0 Å². The number of nitrogens with two attached hydrogens (primary N) is 1. The number of hydrogen-bond acceptors (Lipinski definition) is 3. The molecular formula is C14H20N4. The average Bonchev–Trinajstić information content (AvgIpc) is 2.70. The summed E-state index contributed by atoms with van der Waals surface area (Å²) in [6, 6.07) is 8.00. The lowest BCUT2D eigenvalue weighted by Crippen LogP contribution is -2.17. The van der Waals surface area contributed by atoms with E-state index < -0.39 is 0 Å². The molecule has 0 aromatic carbocycles. The van der Waals surface area contributed by atoms with Crippen molar-refractivity contribution in [1.82, 2.24) is 14.8 Å². The summed E-state index contributed by atoms with van der Waals surface area (Å²) < 4.78 is 1.91. The molecule has 0 amide bonds. The Kier molecular flexibility index (Phi) is 3.77. The number of aromatic nitrogens is 3. The summed E-state index contributed by atoms with van der Waals surface area (Å²) in [4.78, 5) is 4.47. The van der Waals surface area contributed by atoms with Crippen LogP contribution in [-0.4, -0.2) is 14.8 Å². The van der Waals surface area contributed by atoms with Crippen molar-refractivity contribution in [2.24, 2.45) is 12.8 Å². The summed E-state index contributed by atoms with van der Waals surface area (Å²) >= 11 is 0. The van der Waals surface area contributed by atoms with Gasteiger partial charge in [0.15, 0.2) is 0 Å². The molecule has 2 aromatic rings. The van der Waals surface area contributed by atoms with Gasteiger partial charge < -0.3 is 5.73 Å². The molecule has 1 unspecified atom stereocenters. The van der Waals surface area contributed by atoms with E-state index in [1.807, 2.05) is 36.9 Å². The van der Waals surface area contributed by atoms with Crippen LogP contribution in [-0.2, 0) is 19.9 Å². The number of nitrogens with zero attached hydrogens (tertiary/aromatic N) is 3. The van der Waals surface area contributed by atoms with Gasteiger partial charge in [-0.25, -0.2) is 0 Å². The van der Waals surface area contributed by atoms with Crippen molar-refractivity contribution in [3.8, 4) is 0 Å². The van der Waals surface area contributed by atoms with Crippen LogP contribution in [0, 0.1) is 6.92 Å². The smallest absolute Gasteiger partial charge is 0.0624 e. The topological polar surface area (TPSA) is 56.7 Å². The van der Waals surface area contributed by atoms with E-state index in [2.05, 4.69) is 23.1 Å². The van der Waals surface area contributed by atoms with Gasteiger partial charge in [-0.05, 0) is 31.5 Å². The van der Waals surface area contributed by atoms with Gasteiger partial charge in [-0.3, -0.25) is 9.67 Å². The molecule has 4 nitrogen and oxygen atoms in total. The maximum absolute atomic E-state index is 6.21. The van der Waals surface area contributed by atoms with E-state index >= 15 is 0 Å². The lowest BCUT2D eigenvalue weighted by molar-refractivity contribution is 0.626. The Hall–Kier alpha value is -1.68. The third-order valence-electron chi connectivity index (χ3n) is 3.11. The first-order valence-corrected chi connectivity index (χ1v) is 6.31. The van der Waals surface area contributed by atoms with Gasteiger partial charge in [-0.15, -0.1) is 0 Å². The maximum Gasteiger partial charge on any atom is 0.0624 e. The molecule has 0 radical (unpaired) electrons. The van der Waals surface area contributed by atoms with Gasteiger partial charge in [0.1, 0.15) is 0 Å². The molecule has 0 aliphatic heterocycles. The Morgan fingerprint density at radius 1 is 1.39 bits per heavy atom. The first-order chi connectivity index (χ1) is 8.60. The Labute approximate surface area is 108 Å². The first kappa shape index (κ1) is 12.8. The van der Waals surface area contributed by atoms with Crippen LogP contribution in [0.2, 0.25) is 0 Å². The fraction of sp³-hybridized carbons (Fsp3) is 0.429. The van der Waals surface area contributed by atoms with Crippen molar-refractivity contribution >= 4 is 0 Å². The van der Waals surface area contributed by atoms with E-state index in [1.165, 1.54) is 0 Å². The Morgan fingerprint density at radius 3 is 2.78 bits per heavy atom. The highest BCUT2D eigenvalue weighted by Gasteiger charge is 2.12. The van der Waals surface area contributed by atoms with Gasteiger partial charge in [0.25, 0.3) is 0 Å². The fourth-order valence-electron chi connectivity index (χ4n) is 2.04. The van der Waals surface area contributed by atoms with Crippen molar-refractivity contribution in [2.75, 3.05) is 0 Å². The molecule has 0 saturated carbocycles. The summed E-state index contributed by atoms with van der Waals surface area (Å²) in [5.74, 6) is 0. The number of aryl methyl sites for hydroxylation is 3. The molecule has 0 bridgehead atoms. The zero-order valence-electron chi connectivity index (χ0n) is 11.2. The van der Waals surface area contributed by atoms with Crippen LogP contribution in [0.15, 0.2) is 24.3 Å². The van der Waals surface area contributed by atoms with Crippen LogP contribution < -0.4 is 5.73 Å². The summed E-state index contributed by atoms with van der Waals surface area (Å²) in [5, 5.41) is 4.43. The standard InChI is InChI=1S/C14H20N4/c1-4-11-8-12(18(3)17-11)9-13(15)14-7-5-6-10(2)16-14/h5-8,13H,4,9,15H2,1-3H3. The molecule has 18 heavy (non-hydrogen) atoms. The highest BCUT2D eigenvalue weighted by molar-refractivity contribution is 5.17. The predicted molar refractivity (Wildman–Crippen MR) is 72.2 cm³/mol. The number of hydrogen-bond donors (Lipinski definition) is 1. The molecule has 2 aromatic heterocycles. The van der Waals surface area contributed by atoms with Gasteiger partial charge >= 0.3 is 0 Å². The SMILES string of the molecule is CCc1cc(CC(N)c2cccc(C)n2)n(C)n1. The third kappa shape index (κ3) is 2.76. The largest absolute Gasteiger partial charge is 0.322 e. The highest BCUT2D eigenvalue weighted by Crippen LogP contribution is 2.15. The van der Waals surface area contributed by atoms with Crippen LogP contribution in [0.5, 0.6) is 0 Å². The molecule has 4 heteroatoms. The fourth-order valence-corrected chi connectivity index (χ4v) is 2.04. The van der Waals surface area contributed by atoms with E-state index in [9.17, 15) is 0 Å². The molecule has 0 aliphatic rings. The zero-order chi connectivity index (χ0) is 13.1. The molecule has 1 atom stereocenters. The van der Waals surface area contributed by atoms with Crippen LogP contribution in [0.3, 0.4) is 0 Å². The average molecular weight is 244 g/mol. The van der Waals surface area contributed by atoms with Gasteiger partial charge in [0.2, 0.25) is 0 Å². The zero-order valence-corrected chi connectivity index (χ0v) is 11.2. The summed E-state index contributed by atoms with van der Waals surface area (Å²) in [6.07, 6.45) is 1.71. The van der Waals surface area contributed by atoms with Crippen molar-refractivity contribution in [1.29, 1.82) is 0 Å². The van der Waals surface area contributed by atoms with E-state index in [0.29, 0.717) is 0 Å². The van der Waals surface area contributed by atoms with Gasteiger partial charge in [0.05, 0.1) is 17.4 Å². The third-order valence-corrected chi connectivity index (χ3v) is 3.11. The van der Waals surface area contributed by atoms with Gasteiger partial charge in [0, 0.05) is 24.9 Å². The first-order valence-electron chi connectivity index (χ1n) is 6.31. The van der Waals surface area contributed by atoms with Gasteiger partial charge in [-0.2, -0.15) is 5.10 Å². The molecule has 0 fully saturated rings. The Morgan fingerprint density at radius 2 is 2.17 bits per heavy atom. The lowest BCUT2D eigenvalue weighted by atomic mass is 10.1. The normalized spacial score (nSPS) is 12.7. The number of rotatable bonds is 4. The second-order valence-corrected chi connectivity index (χ2v) is 4.62. The molecule has 0 spiro atoms. The van der Waals surface area contributed by atoms with Crippen molar-refractivity contribution in [2.45, 2.75) is 32.7 Å². The van der Waals surface area contributed by atoms with Crippen LogP contribution >= 0.6 is 0 Å². The lowest BCUT2D eigenvalue weighted by Gasteiger charge is -2.11. The highest BCUT2D eigenvalue weighted by atomic mass is 15.3. The van der Waals surface area contributed by atoms with Crippen molar-refractivity contribution in [3.05, 3.63) is 47.0 Å². The van der Waals surface area contributed by atoms with Crippen molar-refractivity contribution < 1.29 is 0 Å². The Balaban J connectivity index is 2.15. The number of pyridine rings is 1. The van der Waals surface area contributed by atoms with E-state index in [-0.39, 0.29) is 6.04 Å². The monoisotopic (exact) mass is 244 g/mol. The molecular weight excluding hydrogens is 224 g/mol. The maximum atomic E-state index is 6.21. The second kappa shape index (κ2) is 5.31. The molecule has 0 saturated heterocycles. The summed E-state index contributed by atoms with van der Waals surface area (Å²) in [5.41, 5.74) is 10.4. The molecule has 0 aliphatic carbocycles. The predicted octanol–water partition coefficient (Wildman–Crippen LogP) is 1.93. The summed E-state index contributed by atoms with van der Waals surface area (Å²) in [6.45, 7) is 4.09. The minimum absolute atomic E-state index is 0.0787. The quantitative estimate of drug-likeness (QED) is 0.894. The van der Waals surface area contributed by atoms with E-state index in [4.69, 9.17) is 5.73 Å². The minimum atomic E-state index is -0.0787. The van der Waals surface area contributed by atoms with Crippen LogP contribution in [0.1, 0.15) is 35.7 Å². The molecule has 96 valence electrons. The van der Waals surface area contributed by atoms with Crippen LogP contribution in [0.4, 0.5) is 0 Å². The Bertz CT molecular complexity index is 530. The molecule has 2 rings (SSSR count). The minimum Gasteiger partial charge on any atom is -0.322 e. The summed E-state index contributed by atoms with van der Waals surface area (Å²) in [7, 11) is 1.96. The second-order valence-electron chi connectivity index (χ2n) is 4.62. The van der Waals surface area contributed by atoms with E-state index in [0.717, 1.165) is 35.6 Å². The van der Waals surface area contributed by atoms with E-state index in [1.54, 1.807) is 0 Å². The molecule has 2 N–H and O–H groups in total. The molecule has 2 heterocycles. The van der Waals surface area contributed by atoms with Gasteiger partial charge in [-0.1, -0.05) is 13.0 Å². The van der Waals surface area contributed by atoms with Crippen molar-refractivity contribution in [3.63, 3.8) is 0 Å².